The Labute approximate surface area is 162 Å². The van der Waals surface area contributed by atoms with Crippen molar-refractivity contribution in [3.8, 4) is 0 Å². The number of nitrogens with one attached hydrogen (secondary N) is 1. The number of sulfonamides is 1. The molecule has 3 rings (SSSR count). The fourth-order valence-corrected chi connectivity index (χ4v) is 5.36. The van der Waals surface area contributed by atoms with Crippen molar-refractivity contribution in [3.63, 3.8) is 0 Å². The number of aryl methyl sites for hydroxylation is 1. The standard InChI is InChI=1S/C18H20N2O5S2/c1-3-25-18(22)16-12(2)11-15(26-16)19-17(21)13-5-7-14(8-6-13)20-9-4-10-27(20,23)24/h5-8,11H,3-4,9-10H2,1-2H3,(H,19,21). The molecular formula is C18H20N2O5S2. The van der Waals surface area contributed by atoms with Gasteiger partial charge >= 0.3 is 5.97 Å². The van der Waals surface area contributed by atoms with Gasteiger partial charge in [0.25, 0.3) is 5.91 Å². The minimum atomic E-state index is -3.25. The Morgan fingerprint density at radius 3 is 2.56 bits per heavy atom. The molecule has 1 aromatic heterocycles. The first-order valence-corrected chi connectivity index (χ1v) is 10.9. The van der Waals surface area contributed by atoms with Crippen molar-refractivity contribution in [1.29, 1.82) is 0 Å². The van der Waals surface area contributed by atoms with Gasteiger partial charge in [0.15, 0.2) is 0 Å². The maximum Gasteiger partial charge on any atom is 0.348 e. The topological polar surface area (TPSA) is 92.8 Å². The van der Waals surface area contributed by atoms with Gasteiger partial charge < -0.3 is 10.1 Å². The van der Waals surface area contributed by atoms with E-state index in [9.17, 15) is 18.0 Å². The number of carbonyl (C=O) groups is 2. The van der Waals surface area contributed by atoms with E-state index < -0.39 is 16.0 Å². The Bertz CT molecular complexity index is 964. The number of esters is 1. The van der Waals surface area contributed by atoms with Gasteiger partial charge in [-0.15, -0.1) is 11.3 Å². The molecule has 7 nitrogen and oxygen atoms in total. The van der Waals surface area contributed by atoms with Crippen LogP contribution in [0.4, 0.5) is 10.7 Å². The highest BCUT2D eigenvalue weighted by atomic mass is 32.2. The zero-order valence-corrected chi connectivity index (χ0v) is 16.7. The van der Waals surface area contributed by atoms with Crippen LogP contribution in [0.5, 0.6) is 0 Å². The SMILES string of the molecule is CCOC(=O)c1sc(NC(=O)c2ccc(N3CCCS3(=O)=O)cc2)cc1C. The third kappa shape index (κ3) is 4.14. The van der Waals surface area contributed by atoms with E-state index in [1.54, 1.807) is 44.2 Å². The van der Waals surface area contributed by atoms with E-state index in [1.165, 1.54) is 4.31 Å². The molecule has 0 atom stereocenters. The van der Waals surface area contributed by atoms with Crippen LogP contribution >= 0.6 is 11.3 Å². The minimum absolute atomic E-state index is 0.149. The fraction of sp³-hybridized carbons (Fsp3) is 0.333. The minimum Gasteiger partial charge on any atom is -0.462 e. The van der Waals surface area contributed by atoms with Crippen molar-refractivity contribution < 1.29 is 22.7 Å². The normalized spacial score (nSPS) is 15.6. The highest BCUT2D eigenvalue weighted by molar-refractivity contribution is 7.93. The van der Waals surface area contributed by atoms with Gasteiger partial charge in [0.1, 0.15) is 4.88 Å². The summed E-state index contributed by atoms with van der Waals surface area (Å²) in [6.07, 6.45) is 0.602. The summed E-state index contributed by atoms with van der Waals surface area (Å²) >= 11 is 1.16. The molecule has 0 unspecified atom stereocenters. The van der Waals surface area contributed by atoms with Crippen LogP contribution in [0.15, 0.2) is 30.3 Å². The molecule has 27 heavy (non-hydrogen) atoms. The van der Waals surface area contributed by atoms with Crippen LogP contribution in [0.2, 0.25) is 0 Å². The van der Waals surface area contributed by atoms with E-state index >= 15 is 0 Å². The quantitative estimate of drug-likeness (QED) is 0.768. The van der Waals surface area contributed by atoms with Gasteiger partial charge in [-0.1, -0.05) is 0 Å². The predicted molar refractivity (Wildman–Crippen MR) is 105 cm³/mol. The summed E-state index contributed by atoms with van der Waals surface area (Å²) in [5, 5.41) is 3.31. The van der Waals surface area contributed by atoms with Gasteiger partial charge in [0.2, 0.25) is 10.0 Å². The summed E-state index contributed by atoms with van der Waals surface area (Å²) in [4.78, 5) is 24.8. The van der Waals surface area contributed by atoms with E-state index in [2.05, 4.69) is 5.32 Å². The van der Waals surface area contributed by atoms with Crippen molar-refractivity contribution in [2.45, 2.75) is 20.3 Å². The summed E-state index contributed by atoms with van der Waals surface area (Å²) in [6, 6.07) is 8.15. The van der Waals surface area contributed by atoms with Gasteiger partial charge in [-0.3, -0.25) is 9.10 Å². The lowest BCUT2D eigenvalue weighted by atomic mass is 10.2. The van der Waals surface area contributed by atoms with Crippen LogP contribution in [0.25, 0.3) is 0 Å². The number of rotatable bonds is 5. The fourth-order valence-electron chi connectivity index (χ4n) is 2.84. The highest BCUT2D eigenvalue weighted by Crippen LogP contribution is 2.28. The molecule has 1 aliphatic heterocycles. The molecular weight excluding hydrogens is 388 g/mol. The third-order valence-electron chi connectivity index (χ3n) is 4.13. The molecule has 9 heteroatoms. The van der Waals surface area contributed by atoms with E-state index in [0.29, 0.717) is 34.1 Å². The monoisotopic (exact) mass is 408 g/mol. The number of nitrogens with zero attached hydrogens (tertiary/aromatic N) is 1. The molecule has 0 aliphatic carbocycles. The maximum absolute atomic E-state index is 12.4. The van der Waals surface area contributed by atoms with Gasteiger partial charge in [-0.2, -0.15) is 0 Å². The lowest BCUT2D eigenvalue weighted by Gasteiger charge is -2.16. The average molecular weight is 409 g/mol. The molecule has 1 fully saturated rings. The van der Waals surface area contributed by atoms with Crippen molar-refractivity contribution in [1.82, 2.24) is 0 Å². The largest absolute Gasteiger partial charge is 0.462 e. The molecule has 0 bridgehead atoms. The number of hydrogen-bond acceptors (Lipinski definition) is 6. The zero-order valence-electron chi connectivity index (χ0n) is 15.0. The van der Waals surface area contributed by atoms with Gasteiger partial charge in [-0.05, 0) is 56.2 Å². The highest BCUT2D eigenvalue weighted by Gasteiger charge is 2.28. The zero-order chi connectivity index (χ0) is 19.6. The van der Waals surface area contributed by atoms with Crippen molar-refractivity contribution >= 4 is 43.9 Å². The lowest BCUT2D eigenvalue weighted by molar-refractivity contribution is 0.0531. The molecule has 0 saturated carbocycles. The molecule has 1 saturated heterocycles. The number of amides is 1. The summed E-state index contributed by atoms with van der Waals surface area (Å²) in [5.41, 5.74) is 1.70. The van der Waals surface area contributed by atoms with Gasteiger partial charge in [-0.25, -0.2) is 13.2 Å². The summed E-state index contributed by atoms with van der Waals surface area (Å²) in [7, 11) is -3.25. The van der Waals surface area contributed by atoms with E-state index in [0.717, 1.165) is 16.9 Å². The van der Waals surface area contributed by atoms with Crippen LogP contribution in [0, 0.1) is 6.92 Å². The number of hydrogen-bond donors (Lipinski definition) is 1. The summed E-state index contributed by atoms with van der Waals surface area (Å²) < 4.78 is 30.3. The van der Waals surface area contributed by atoms with Crippen LogP contribution < -0.4 is 9.62 Å². The van der Waals surface area contributed by atoms with Crippen LogP contribution in [0.3, 0.4) is 0 Å². The molecule has 0 radical (unpaired) electrons. The van der Waals surface area contributed by atoms with Gasteiger partial charge in [0.05, 0.1) is 23.0 Å². The maximum atomic E-state index is 12.4. The first-order valence-electron chi connectivity index (χ1n) is 8.51. The van der Waals surface area contributed by atoms with Crippen LogP contribution in [0.1, 0.15) is 38.9 Å². The summed E-state index contributed by atoms with van der Waals surface area (Å²) in [5.74, 6) is -0.588. The average Bonchev–Trinajstić information content (AvgIpc) is 3.16. The molecule has 2 aromatic rings. The second-order valence-electron chi connectivity index (χ2n) is 6.09. The first kappa shape index (κ1) is 19.4. The Morgan fingerprint density at radius 1 is 1.26 bits per heavy atom. The second kappa shape index (κ2) is 7.69. The number of thiophene rings is 1. The van der Waals surface area contributed by atoms with Crippen molar-refractivity contribution in [2.75, 3.05) is 28.5 Å². The number of benzene rings is 1. The smallest absolute Gasteiger partial charge is 0.348 e. The number of carbonyl (C=O) groups excluding carboxylic acids is 2. The Hall–Kier alpha value is -2.39. The molecule has 1 N–H and O–H groups in total. The molecule has 1 aromatic carbocycles. The molecule has 144 valence electrons. The molecule has 1 amide bonds. The Kier molecular flexibility index (Phi) is 5.52. The second-order valence-corrected chi connectivity index (χ2v) is 9.15. The molecule has 2 heterocycles. The summed E-state index contributed by atoms with van der Waals surface area (Å²) in [6.45, 7) is 4.26. The van der Waals surface area contributed by atoms with E-state index in [1.807, 2.05) is 0 Å². The predicted octanol–water partition coefficient (Wildman–Crippen LogP) is 3.03. The Balaban J connectivity index is 1.72. The number of anilines is 2. The van der Waals surface area contributed by atoms with E-state index in [4.69, 9.17) is 4.74 Å². The van der Waals surface area contributed by atoms with Crippen molar-refractivity contribution in [3.05, 3.63) is 46.3 Å². The lowest BCUT2D eigenvalue weighted by Crippen LogP contribution is -2.25. The number of ether oxygens (including phenoxy) is 1. The van der Waals surface area contributed by atoms with Crippen LogP contribution in [-0.4, -0.2) is 39.2 Å². The third-order valence-corrected chi connectivity index (χ3v) is 7.13. The van der Waals surface area contributed by atoms with Gasteiger partial charge in [0, 0.05) is 12.1 Å². The Morgan fingerprint density at radius 2 is 1.96 bits per heavy atom. The van der Waals surface area contributed by atoms with Crippen molar-refractivity contribution in [2.24, 2.45) is 0 Å². The van der Waals surface area contributed by atoms with E-state index in [-0.39, 0.29) is 18.3 Å². The first-order chi connectivity index (χ1) is 12.8. The molecule has 1 aliphatic rings. The van der Waals surface area contributed by atoms with Crippen LogP contribution in [-0.2, 0) is 14.8 Å². The molecule has 0 spiro atoms.